The van der Waals surface area contributed by atoms with Crippen LogP contribution in [0.25, 0.3) is 0 Å². The third-order valence-electron chi connectivity index (χ3n) is 4.12. The summed E-state index contributed by atoms with van der Waals surface area (Å²) in [6, 6.07) is -0.0101. The van der Waals surface area contributed by atoms with E-state index in [1.54, 1.807) is 0 Å². The maximum Gasteiger partial charge on any atom is 0.154 e. The fraction of sp³-hybridized carbons (Fsp3) is 1.00. The Hall–Kier alpha value is -0.170. The van der Waals surface area contributed by atoms with Crippen LogP contribution in [0.3, 0.4) is 0 Å². The zero-order valence-electron chi connectivity index (χ0n) is 10.7. The molecule has 2 rings (SSSR count). The smallest absolute Gasteiger partial charge is 0.154 e. The number of hydrogen-bond donors (Lipinski definition) is 2. The van der Waals surface area contributed by atoms with Gasteiger partial charge in [0.2, 0.25) is 0 Å². The highest BCUT2D eigenvalue weighted by Crippen LogP contribution is 2.28. The van der Waals surface area contributed by atoms with Gasteiger partial charge >= 0.3 is 0 Å². The molecule has 0 radical (unpaired) electrons. The predicted molar refractivity (Wildman–Crippen MR) is 69.1 cm³/mol. The van der Waals surface area contributed by atoms with E-state index in [0.29, 0.717) is 12.6 Å². The zero-order valence-corrected chi connectivity index (χ0v) is 11.5. The lowest BCUT2D eigenvalue weighted by atomic mass is 9.92. The molecule has 2 N–H and O–H groups in total. The Bertz CT molecular complexity index is 364. The predicted octanol–water partition coefficient (Wildman–Crippen LogP) is -0.229. The first-order chi connectivity index (χ1) is 8.53. The quantitative estimate of drug-likeness (QED) is 0.742. The highest BCUT2D eigenvalue weighted by Gasteiger charge is 2.41. The molecular formula is C12H23NO4S. The Morgan fingerprint density at radius 2 is 1.78 bits per heavy atom. The number of hydrogen-bond acceptors (Lipinski definition) is 5. The molecule has 6 heteroatoms. The minimum Gasteiger partial charge on any atom is -0.395 e. The first kappa shape index (κ1) is 14.2. The highest BCUT2D eigenvalue weighted by molar-refractivity contribution is 7.91. The second-order valence-corrected chi connectivity index (χ2v) is 7.62. The molecule has 2 atom stereocenters. The first-order valence-corrected chi connectivity index (χ1v) is 8.61. The minimum absolute atomic E-state index is 0.0137. The molecule has 106 valence electrons. The van der Waals surface area contributed by atoms with Crippen molar-refractivity contribution in [1.82, 2.24) is 4.90 Å². The Kier molecular flexibility index (Phi) is 4.64. The summed E-state index contributed by atoms with van der Waals surface area (Å²) >= 11 is 0. The van der Waals surface area contributed by atoms with Gasteiger partial charge in [-0.05, 0) is 12.8 Å². The number of aliphatic hydroxyl groups excluding tert-OH is 2. The molecule has 2 unspecified atom stereocenters. The van der Waals surface area contributed by atoms with Crippen LogP contribution in [0.2, 0.25) is 0 Å². The Balaban J connectivity index is 2.09. The zero-order chi connectivity index (χ0) is 13.2. The van der Waals surface area contributed by atoms with Gasteiger partial charge in [0.1, 0.15) is 0 Å². The van der Waals surface area contributed by atoms with Crippen LogP contribution in [-0.4, -0.2) is 66.4 Å². The van der Waals surface area contributed by atoms with Gasteiger partial charge in [0.05, 0.1) is 30.3 Å². The second-order valence-electron chi connectivity index (χ2n) is 5.46. The Morgan fingerprint density at radius 1 is 1.11 bits per heavy atom. The molecule has 0 amide bonds. The number of sulfone groups is 1. The van der Waals surface area contributed by atoms with E-state index in [4.69, 9.17) is 0 Å². The van der Waals surface area contributed by atoms with Gasteiger partial charge in [0.25, 0.3) is 0 Å². The lowest BCUT2D eigenvalue weighted by Crippen LogP contribution is -2.50. The monoisotopic (exact) mass is 277 g/mol. The van der Waals surface area contributed by atoms with E-state index in [-0.39, 0.29) is 24.2 Å². The van der Waals surface area contributed by atoms with Crippen LogP contribution in [0.1, 0.15) is 32.1 Å². The van der Waals surface area contributed by atoms with E-state index in [9.17, 15) is 18.6 Å². The molecule has 1 saturated heterocycles. The second kappa shape index (κ2) is 5.86. The van der Waals surface area contributed by atoms with Gasteiger partial charge in [0.15, 0.2) is 9.84 Å². The van der Waals surface area contributed by atoms with Crippen LogP contribution < -0.4 is 0 Å². The van der Waals surface area contributed by atoms with Gasteiger partial charge in [-0.3, -0.25) is 4.90 Å². The summed E-state index contributed by atoms with van der Waals surface area (Å²) in [7, 11) is -3.12. The summed E-state index contributed by atoms with van der Waals surface area (Å²) in [4.78, 5) is 2.04. The first-order valence-electron chi connectivity index (χ1n) is 6.78. The van der Waals surface area contributed by atoms with Gasteiger partial charge in [0, 0.05) is 12.6 Å². The summed E-state index contributed by atoms with van der Waals surface area (Å²) < 4.78 is 23.2. The summed E-state index contributed by atoms with van der Waals surface area (Å²) in [6.45, 7) is 0.474. The molecule has 0 aromatic rings. The molecule has 1 saturated carbocycles. The standard InChI is InChI=1S/C12H23NO4S/c14-7-6-13(10-4-2-1-3-5-10)11-8-18(16,17)9-12(11)15/h10-12,14-15H,1-9H2. The van der Waals surface area contributed by atoms with E-state index in [2.05, 4.69) is 0 Å². The summed E-state index contributed by atoms with van der Waals surface area (Å²) in [6.07, 6.45) is 4.83. The molecule has 1 aliphatic heterocycles. The van der Waals surface area contributed by atoms with E-state index in [1.165, 1.54) is 6.42 Å². The fourth-order valence-electron chi connectivity index (χ4n) is 3.27. The van der Waals surface area contributed by atoms with Crippen LogP contribution >= 0.6 is 0 Å². The minimum atomic E-state index is -3.12. The van der Waals surface area contributed by atoms with Gasteiger partial charge < -0.3 is 10.2 Å². The van der Waals surface area contributed by atoms with Crippen molar-refractivity contribution >= 4 is 9.84 Å². The fourth-order valence-corrected chi connectivity index (χ4v) is 5.09. The van der Waals surface area contributed by atoms with Gasteiger partial charge in [-0.15, -0.1) is 0 Å². The largest absolute Gasteiger partial charge is 0.395 e. The molecule has 1 aliphatic carbocycles. The summed E-state index contributed by atoms with van der Waals surface area (Å²) in [5, 5.41) is 19.1. The molecule has 2 fully saturated rings. The SMILES string of the molecule is O=S1(=O)CC(O)C(N(CCO)C2CCCCC2)C1. The van der Waals surface area contributed by atoms with Gasteiger partial charge in [-0.25, -0.2) is 8.42 Å². The van der Waals surface area contributed by atoms with Crippen LogP contribution in [-0.2, 0) is 9.84 Å². The average Bonchev–Trinajstić information content (AvgIpc) is 2.61. The molecule has 18 heavy (non-hydrogen) atoms. The molecule has 2 aliphatic rings. The van der Waals surface area contributed by atoms with Crippen molar-refractivity contribution in [3.8, 4) is 0 Å². The topological polar surface area (TPSA) is 77.8 Å². The van der Waals surface area contributed by atoms with E-state index < -0.39 is 15.9 Å². The van der Waals surface area contributed by atoms with E-state index >= 15 is 0 Å². The van der Waals surface area contributed by atoms with Crippen LogP contribution in [0.5, 0.6) is 0 Å². The number of nitrogens with zero attached hydrogens (tertiary/aromatic N) is 1. The van der Waals surface area contributed by atoms with Gasteiger partial charge in [-0.2, -0.15) is 0 Å². The third kappa shape index (κ3) is 3.23. The number of rotatable bonds is 4. The van der Waals surface area contributed by atoms with Crippen molar-refractivity contribution < 1.29 is 18.6 Å². The van der Waals surface area contributed by atoms with Gasteiger partial charge in [-0.1, -0.05) is 19.3 Å². The molecule has 0 bridgehead atoms. The number of aliphatic hydroxyl groups is 2. The maximum absolute atomic E-state index is 11.6. The summed E-state index contributed by atoms with van der Waals surface area (Å²) in [5.41, 5.74) is 0. The molecule has 0 aromatic heterocycles. The molecule has 1 heterocycles. The Labute approximate surface area is 109 Å². The highest BCUT2D eigenvalue weighted by atomic mass is 32.2. The van der Waals surface area contributed by atoms with Crippen molar-refractivity contribution in [2.75, 3.05) is 24.7 Å². The molecular weight excluding hydrogens is 254 g/mol. The van der Waals surface area contributed by atoms with E-state index in [1.807, 2.05) is 4.90 Å². The molecule has 0 aromatic carbocycles. The lowest BCUT2D eigenvalue weighted by Gasteiger charge is -2.38. The van der Waals surface area contributed by atoms with Crippen LogP contribution in [0, 0.1) is 0 Å². The lowest BCUT2D eigenvalue weighted by molar-refractivity contribution is 0.0294. The van der Waals surface area contributed by atoms with Crippen LogP contribution in [0.15, 0.2) is 0 Å². The van der Waals surface area contributed by atoms with Crippen LogP contribution in [0.4, 0.5) is 0 Å². The third-order valence-corrected chi connectivity index (χ3v) is 5.82. The molecule has 0 spiro atoms. The van der Waals surface area contributed by atoms with Crippen molar-refractivity contribution in [2.45, 2.75) is 50.3 Å². The average molecular weight is 277 g/mol. The van der Waals surface area contributed by atoms with Crippen molar-refractivity contribution in [3.05, 3.63) is 0 Å². The summed E-state index contributed by atoms with van der Waals surface area (Å²) in [5.74, 6) is -0.100. The van der Waals surface area contributed by atoms with E-state index in [0.717, 1.165) is 25.7 Å². The van der Waals surface area contributed by atoms with Crippen molar-refractivity contribution in [2.24, 2.45) is 0 Å². The van der Waals surface area contributed by atoms with Crippen molar-refractivity contribution in [3.63, 3.8) is 0 Å². The van der Waals surface area contributed by atoms with Crippen molar-refractivity contribution in [1.29, 1.82) is 0 Å². The molecule has 5 nitrogen and oxygen atoms in total. The normalized spacial score (nSPS) is 33.1. The Morgan fingerprint density at radius 3 is 2.28 bits per heavy atom. The maximum atomic E-state index is 11.6.